The van der Waals surface area contributed by atoms with Gasteiger partial charge in [0.05, 0.1) is 170 Å². The van der Waals surface area contributed by atoms with Crippen molar-refractivity contribution in [1.29, 1.82) is 0 Å². The molecule has 69 heavy (non-hydrogen) atoms. The molecule has 1 heterocycles. The third-order valence-corrected chi connectivity index (χ3v) is 12.7. The Morgan fingerprint density at radius 2 is 0.681 bits per heavy atom. The first-order valence-corrected chi connectivity index (χ1v) is 25.7. The third-order valence-electron chi connectivity index (χ3n) is 12.2. The van der Waals surface area contributed by atoms with Gasteiger partial charge in [-0.1, -0.05) is 40.2 Å². The van der Waals surface area contributed by atoms with Gasteiger partial charge in [0, 0.05) is 37.3 Å². The molecule has 18 heteroatoms. The highest BCUT2D eigenvalue weighted by Gasteiger charge is 2.52. The molecule has 1 unspecified atom stereocenters. The highest BCUT2D eigenvalue weighted by molar-refractivity contribution is 9.10. The topological polar surface area (TPSA) is 148 Å². The summed E-state index contributed by atoms with van der Waals surface area (Å²) < 4.78 is 91.7. The molecule has 1 saturated heterocycles. The summed E-state index contributed by atoms with van der Waals surface area (Å²) >= 11 is 3.79. The minimum atomic E-state index is -0.439. The van der Waals surface area contributed by atoms with E-state index in [1.165, 1.54) is 22.3 Å². The van der Waals surface area contributed by atoms with Gasteiger partial charge in [-0.3, -0.25) is 0 Å². The first-order chi connectivity index (χ1) is 33.6. The van der Waals surface area contributed by atoms with E-state index in [1.807, 2.05) is 0 Å². The van der Waals surface area contributed by atoms with Gasteiger partial charge >= 0.3 is 7.12 Å². The Balaban J connectivity index is 0.986. The van der Waals surface area contributed by atoms with Gasteiger partial charge in [-0.05, 0) is 93.2 Å². The average Bonchev–Trinajstić information content (AvgIpc) is 3.73. The van der Waals surface area contributed by atoms with Gasteiger partial charge in [0.15, 0.2) is 0 Å². The minimum Gasteiger partial charge on any atom is -0.399 e. The summed E-state index contributed by atoms with van der Waals surface area (Å²) in [5.74, 6) is 0. The highest BCUT2D eigenvalue weighted by Crippen LogP contribution is 2.54. The molecule has 0 amide bonds. The van der Waals surface area contributed by atoms with Crippen molar-refractivity contribution in [3.8, 4) is 11.1 Å². The van der Waals surface area contributed by atoms with Crippen LogP contribution in [0.25, 0.3) is 11.1 Å². The Morgan fingerprint density at radius 1 is 0.391 bits per heavy atom. The predicted octanol–water partition coefficient (Wildman–Crippen LogP) is 6.07. The molecule has 1 fully saturated rings. The Hall–Kier alpha value is -1.66. The van der Waals surface area contributed by atoms with Crippen LogP contribution in [0.1, 0.15) is 64.5 Å². The second-order valence-electron chi connectivity index (χ2n) is 17.7. The number of benzene rings is 2. The number of hydrogen-bond donors (Lipinski definition) is 0. The second kappa shape index (κ2) is 35.5. The van der Waals surface area contributed by atoms with Crippen LogP contribution in [0.15, 0.2) is 40.9 Å². The van der Waals surface area contributed by atoms with Crippen LogP contribution in [0.3, 0.4) is 0 Å². The molecular formula is C51H84BBrO16. The zero-order valence-electron chi connectivity index (χ0n) is 42.7. The number of rotatable bonds is 45. The first-order valence-electron chi connectivity index (χ1n) is 24.9. The van der Waals surface area contributed by atoms with Crippen molar-refractivity contribution in [2.45, 2.75) is 70.0 Å². The quantitative estimate of drug-likeness (QED) is 0.0558. The smallest absolute Gasteiger partial charge is 0.399 e. The van der Waals surface area contributed by atoms with Gasteiger partial charge in [0.2, 0.25) is 0 Å². The lowest BCUT2D eigenvalue weighted by Crippen LogP contribution is -2.41. The number of hydrogen-bond acceptors (Lipinski definition) is 16. The van der Waals surface area contributed by atoms with E-state index in [0.717, 1.165) is 35.6 Å². The fraction of sp³-hybridized carbons (Fsp3) is 0.765. The molecule has 2 aromatic rings. The van der Waals surface area contributed by atoms with Crippen LogP contribution in [0, 0.1) is 0 Å². The summed E-state index contributed by atoms with van der Waals surface area (Å²) in [6.45, 7) is 22.2. The van der Waals surface area contributed by atoms with E-state index in [4.69, 9.17) is 75.6 Å². The fourth-order valence-electron chi connectivity index (χ4n) is 7.91. The molecule has 0 spiro atoms. The summed E-state index contributed by atoms with van der Waals surface area (Å²) in [6, 6.07) is 13.4. The Kier molecular flexibility index (Phi) is 30.8. The van der Waals surface area contributed by atoms with E-state index in [-0.39, 0.29) is 5.41 Å². The van der Waals surface area contributed by atoms with Crippen molar-refractivity contribution in [2.75, 3.05) is 186 Å². The van der Waals surface area contributed by atoms with Crippen LogP contribution >= 0.6 is 15.9 Å². The van der Waals surface area contributed by atoms with E-state index < -0.39 is 18.3 Å². The summed E-state index contributed by atoms with van der Waals surface area (Å²) in [6.07, 6.45) is 3.64. The summed E-state index contributed by atoms with van der Waals surface area (Å²) in [5, 5.41) is 0. The van der Waals surface area contributed by atoms with Gasteiger partial charge in [0.1, 0.15) is 0 Å². The average molecular weight is 1040 g/mol. The molecule has 2 aromatic carbocycles. The number of fused-ring (bicyclic) bond motifs is 3. The van der Waals surface area contributed by atoms with Gasteiger partial charge in [0.25, 0.3) is 0 Å². The van der Waals surface area contributed by atoms with Crippen LogP contribution < -0.4 is 5.46 Å². The number of methoxy groups -OCH3 is 2. The minimum absolute atomic E-state index is 0.230. The normalized spacial score (nSPS) is 17.0. The van der Waals surface area contributed by atoms with E-state index >= 15 is 0 Å². The van der Waals surface area contributed by atoms with Crippen molar-refractivity contribution in [3.05, 3.63) is 52.0 Å². The molecule has 1 aliphatic heterocycles. The molecule has 1 aliphatic carbocycles. The maximum Gasteiger partial charge on any atom is 0.494 e. The van der Waals surface area contributed by atoms with E-state index in [1.54, 1.807) is 14.2 Å². The fourth-order valence-corrected chi connectivity index (χ4v) is 8.28. The zero-order chi connectivity index (χ0) is 49.3. The van der Waals surface area contributed by atoms with Crippen molar-refractivity contribution >= 4 is 28.5 Å². The van der Waals surface area contributed by atoms with Crippen LogP contribution in [-0.4, -0.2) is 204 Å². The standard InChI is InChI=1S/C51H84BBrO16/c1-49(2)50(3,4)69-52(68-49)43-9-11-45-46-12-10-44(53)42-48(46)51(47(45)41-43,13-7-15-56-19-17-54-5)14-8-16-57-21-22-59-25-26-61-29-30-63-33-34-65-37-38-67-40-39-66-36-35-64-32-31-62-28-27-60-24-23-58-20-18-55-6/h9-12,41-42H,7-8,13-40H2,1-6H3. The van der Waals surface area contributed by atoms with Gasteiger partial charge in [-0.2, -0.15) is 0 Å². The third kappa shape index (κ3) is 22.2. The van der Waals surface area contributed by atoms with Crippen molar-refractivity contribution < 1.29 is 75.6 Å². The second-order valence-corrected chi connectivity index (χ2v) is 18.6. The molecule has 0 saturated carbocycles. The van der Waals surface area contributed by atoms with Gasteiger partial charge < -0.3 is 75.6 Å². The summed E-state index contributed by atoms with van der Waals surface area (Å²) in [4.78, 5) is 0. The molecule has 4 rings (SSSR count). The maximum atomic E-state index is 6.52. The predicted molar refractivity (Wildman–Crippen MR) is 268 cm³/mol. The molecule has 16 nitrogen and oxygen atoms in total. The lowest BCUT2D eigenvalue weighted by molar-refractivity contribution is -0.0280. The lowest BCUT2D eigenvalue weighted by atomic mass is 9.69. The maximum absolute atomic E-state index is 6.52. The van der Waals surface area contributed by atoms with E-state index in [9.17, 15) is 0 Å². The highest BCUT2D eigenvalue weighted by atomic mass is 79.9. The van der Waals surface area contributed by atoms with Crippen molar-refractivity contribution in [1.82, 2.24) is 0 Å². The van der Waals surface area contributed by atoms with E-state index in [2.05, 4.69) is 80.0 Å². The van der Waals surface area contributed by atoms with Gasteiger partial charge in [-0.25, -0.2) is 0 Å². The van der Waals surface area contributed by atoms with Crippen LogP contribution in [0.2, 0.25) is 0 Å². The zero-order valence-corrected chi connectivity index (χ0v) is 44.3. The van der Waals surface area contributed by atoms with Crippen molar-refractivity contribution in [2.24, 2.45) is 0 Å². The van der Waals surface area contributed by atoms with Crippen LogP contribution in [-0.2, 0) is 81.0 Å². The number of halogens is 1. The lowest BCUT2D eigenvalue weighted by Gasteiger charge is -2.33. The molecule has 0 radical (unpaired) electrons. The Bertz CT molecular complexity index is 1610. The summed E-state index contributed by atoms with van der Waals surface area (Å²) in [7, 11) is 2.91. The largest absolute Gasteiger partial charge is 0.494 e. The van der Waals surface area contributed by atoms with Crippen molar-refractivity contribution in [3.63, 3.8) is 0 Å². The molecular weight excluding hydrogens is 959 g/mol. The van der Waals surface area contributed by atoms with Crippen LogP contribution in [0.5, 0.6) is 0 Å². The SMILES string of the molecule is COCCOCCCC1(CCCOCCOCCOCCOCCOCCOCCOCCOCCOCCOCCOCCOC)c2cc(Br)ccc2-c2ccc(B3OC(C)(C)C(C)(C)O3)cc21. The molecule has 0 N–H and O–H groups in total. The molecule has 0 bridgehead atoms. The Morgan fingerprint density at radius 3 is 1.01 bits per heavy atom. The monoisotopic (exact) mass is 1040 g/mol. The molecule has 1 atom stereocenters. The van der Waals surface area contributed by atoms with Gasteiger partial charge in [-0.15, -0.1) is 0 Å². The van der Waals surface area contributed by atoms with Crippen LogP contribution in [0.4, 0.5) is 0 Å². The molecule has 394 valence electrons. The Labute approximate surface area is 421 Å². The first kappa shape index (κ1) is 59.9. The molecule has 2 aliphatic rings. The summed E-state index contributed by atoms with van der Waals surface area (Å²) in [5.41, 5.74) is 5.15. The number of ether oxygens (including phenoxy) is 14. The molecule has 0 aromatic heterocycles. The van der Waals surface area contributed by atoms with E-state index in [0.29, 0.717) is 172 Å².